The summed E-state index contributed by atoms with van der Waals surface area (Å²) >= 11 is 0. The van der Waals surface area contributed by atoms with Gasteiger partial charge in [0.2, 0.25) is 0 Å². The van der Waals surface area contributed by atoms with Gasteiger partial charge in [0, 0.05) is 31.2 Å². The molecule has 0 bridgehead atoms. The van der Waals surface area contributed by atoms with Crippen LogP contribution in [0, 0.1) is 11.8 Å². The Bertz CT molecular complexity index is 267. The molecular formula is C15H31N3. The summed E-state index contributed by atoms with van der Waals surface area (Å²) < 4.78 is 0. The van der Waals surface area contributed by atoms with Gasteiger partial charge >= 0.3 is 0 Å². The summed E-state index contributed by atoms with van der Waals surface area (Å²) in [4.78, 5) is 5.09. The minimum Gasteiger partial charge on any atom is -0.329 e. The van der Waals surface area contributed by atoms with Gasteiger partial charge in [-0.25, -0.2) is 0 Å². The molecule has 3 unspecified atom stereocenters. The van der Waals surface area contributed by atoms with Gasteiger partial charge in [-0.1, -0.05) is 13.8 Å². The first-order chi connectivity index (χ1) is 8.47. The standard InChI is InChI=1S/C15H31N3/c1-12-7-13(2)9-15(8-12,11-16)18-6-5-14(10-18)17(3)4/h12-14H,5-11,16H2,1-4H3. The molecule has 3 atom stereocenters. The van der Waals surface area contributed by atoms with E-state index in [2.05, 4.69) is 37.7 Å². The Labute approximate surface area is 113 Å². The average Bonchev–Trinajstić information content (AvgIpc) is 2.77. The van der Waals surface area contributed by atoms with Gasteiger partial charge in [0.1, 0.15) is 0 Å². The molecule has 1 heterocycles. The van der Waals surface area contributed by atoms with Crippen LogP contribution in [0.4, 0.5) is 0 Å². The maximum atomic E-state index is 6.21. The Morgan fingerprint density at radius 3 is 2.28 bits per heavy atom. The lowest BCUT2D eigenvalue weighted by molar-refractivity contribution is 0.0328. The second kappa shape index (κ2) is 5.48. The van der Waals surface area contributed by atoms with Gasteiger partial charge in [-0.15, -0.1) is 0 Å². The van der Waals surface area contributed by atoms with E-state index in [9.17, 15) is 0 Å². The van der Waals surface area contributed by atoms with E-state index in [4.69, 9.17) is 5.73 Å². The van der Waals surface area contributed by atoms with Crippen LogP contribution in [0.3, 0.4) is 0 Å². The van der Waals surface area contributed by atoms with Crippen molar-refractivity contribution in [2.45, 2.75) is 51.1 Å². The van der Waals surface area contributed by atoms with Crippen molar-refractivity contribution < 1.29 is 0 Å². The number of nitrogens with zero attached hydrogens (tertiary/aromatic N) is 2. The molecule has 3 nitrogen and oxygen atoms in total. The Hall–Kier alpha value is -0.120. The molecule has 18 heavy (non-hydrogen) atoms. The van der Waals surface area contributed by atoms with Crippen LogP contribution in [0.25, 0.3) is 0 Å². The molecule has 2 aliphatic rings. The first kappa shape index (κ1) is 14.3. The Kier molecular flexibility index (Phi) is 4.35. The topological polar surface area (TPSA) is 32.5 Å². The van der Waals surface area contributed by atoms with Crippen LogP contribution in [0.1, 0.15) is 39.5 Å². The maximum Gasteiger partial charge on any atom is 0.0337 e. The van der Waals surface area contributed by atoms with Gasteiger partial charge in [0.25, 0.3) is 0 Å². The van der Waals surface area contributed by atoms with Gasteiger partial charge < -0.3 is 10.6 Å². The molecule has 0 spiro atoms. The van der Waals surface area contributed by atoms with Crippen LogP contribution in [-0.2, 0) is 0 Å². The van der Waals surface area contributed by atoms with Gasteiger partial charge in [0.05, 0.1) is 0 Å². The van der Waals surface area contributed by atoms with Crippen molar-refractivity contribution in [3.8, 4) is 0 Å². The molecule has 0 aromatic heterocycles. The third-order valence-corrected chi connectivity index (χ3v) is 5.21. The third kappa shape index (κ3) is 2.73. The highest BCUT2D eigenvalue weighted by molar-refractivity contribution is 5.01. The van der Waals surface area contributed by atoms with Gasteiger partial charge in [-0.3, -0.25) is 4.90 Å². The predicted octanol–water partition coefficient (Wildman–Crippen LogP) is 1.78. The SMILES string of the molecule is CC1CC(C)CC(CN)(N2CCC(N(C)C)C2)C1. The second-order valence-electron chi connectivity index (χ2n) is 7.13. The van der Waals surface area contributed by atoms with Crippen molar-refractivity contribution in [1.82, 2.24) is 9.80 Å². The minimum absolute atomic E-state index is 0.293. The lowest BCUT2D eigenvalue weighted by atomic mass is 9.71. The highest BCUT2D eigenvalue weighted by Gasteiger charge is 2.44. The van der Waals surface area contributed by atoms with E-state index >= 15 is 0 Å². The van der Waals surface area contributed by atoms with E-state index in [0.29, 0.717) is 5.54 Å². The molecule has 0 amide bonds. The monoisotopic (exact) mass is 253 g/mol. The largest absolute Gasteiger partial charge is 0.329 e. The molecule has 1 saturated carbocycles. The van der Waals surface area contributed by atoms with E-state index in [0.717, 1.165) is 24.4 Å². The lowest BCUT2D eigenvalue weighted by Crippen LogP contribution is -2.57. The van der Waals surface area contributed by atoms with Gasteiger partial charge in [-0.2, -0.15) is 0 Å². The van der Waals surface area contributed by atoms with Gasteiger partial charge in [0.15, 0.2) is 0 Å². The summed E-state index contributed by atoms with van der Waals surface area (Å²) in [5, 5.41) is 0. The van der Waals surface area contributed by atoms with Crippen molar-refractivity contribution in [3.05, 3.63) is 0 Å². The molecule has 2 fully saturated rings. The molecule has 1 saturated heterocycles. The van der Waals surface area contributed by atoms with Crippen molar-refractivity contribution in [2.75, 3.05) is 33.7 Å². The number of hydrogen-bond donors (Lipinski definition) is 1. The van der Waals surface area contributed by atoms with Crippen LogP contribution in [0.15, 0.2) is 0 Å². The van der Waals surface area contributed by atoms with Crippen LogP contribution >= 0.6 is 0 Å². The molecule has 0 aromatic carbocycles. The molecule has 0 radical (unpaired) electrons. The van der Waals surface area contributed by atoms with Crippen LogP contribution in [0.2, 0.25) is 0 Å². The molecule has 0 aromatic rings. The molecule has 1 aliphatic heterocycles. The van der Waals surface area contributed by atoms with Crippen LogP contribution in [-0.4, -0.2) is 55.1 Å². The van der Waals surface area contributed by atoms with E-state index in [-0.39, 0.29) is 0 Å². The second-order valence-corrected chi connectivity index (χ2v) is 7.13. The average molecular weight is 253 g/mol. The molecule has 2 N–H and O–H groups in total. The highest BCUT2D eigenvalue weighted by Crippen LogP contribution is 2.40. The Morgan fingerprint density at radius 2 is 1.83 bits per heavy atom. The van der Waals surface area contributed by atoms with Crippen LogP contribution in [0.5, 0.6) is 0 Å². The molecule has 1 aliphatic carbocycles. The molecule has 106 valence electrons. The van der Waals surface area contributed by atoms with Crippen molar-refractivity contribution in [2.24, 2.45) is 17.6 Å². The Morgan fingerprint density at radius 1 is 1.22 bits per heavy atom. The molecular weight excluding hydrogens is 222 g/mol. The fourth-order valence-corrected chi connectivity index (χ4v) is 4.38. The zero-order valence-corrected chi connectivity index (χ0v) is 12.7. The summed E-state index contributed by atoms with van der Waals surface area (Å²) in [6.07, 6.45) is 5.28. The van der Waals surface area contributed by atoms with Crippen molar-refractivity contribution >= 4 is 0 Å². The number of rotatable bonds is 3. The third-order valence-electron chi connectivity index (χ3n) is 5.21. The fraction of sp³-hybridized carbons (Fsp3) is 1.00. The fourth-order valence-electron chi connectivity index (χ4n) is 4.38. The van der Waals surface area contributed by atoms with Crippen molar-refractivity contribution in [1.29, 1.82) is 0 Å². The van der Waals surface area contributed by atoms with E-state index in [1.54, 1.807) is 0 Å². The van der Waals surface area contributed by atoms with E-state index in [1.165, 1.54) is 38.8 Å². The summed E-state index contributed by atoms with van der Waals surface area (Å²) in [6, 6.07) is 0.723. The zero-order valence-electron chi connectivity index (χ0n) is 12.7. The normalized spacial score (nSPS) is 42.7. The van der Waals surface area contributed by atoms with E-state index < -0.39 is 0 Å². The minimum atomic E-state index is 0.293. The van der Waals surface area contributed by atoms with Crippen LogP contribution < -0.4 is 5.73 Å². The summed E-state index contributed by atoms with van der Waals surface area (Å²) in [6.45, 7) is 8.09. The van der Waals surface area contributed by atoms with E-state index in [1.807, 2.05) is 0 Å². The zero-order chi connectivity index (χ0) is 13.3. The Balaban J connectivity index is 2.08. The summed E-state index contributed by atoms with van der Waals surface area (Å²) in [7, 11) is 4.41. The number of hydrogen-bond acceptors (Lipinski definition) is 3. The summed E-state index contributed by atoms with van der Waals surface area (Å²) in [5.74, 6) is 1.66. The number of likely N-dealkylation sites (tertiary alicyclic amines) is 1. The summed E-state index contributed by atoms with van der Waals surface area (Å²) in [5.41, 5.74) is 6.50. The van der Waals surface area contributed by atoms with Gasteiger partial charge in [-0.05, 0) is 51.6 Å². The van der Waals surface area contributed by atoms with Crippen molar-refractivity contribution in [3.63, 3.8) is 0 Å². The molecule has 2 rings (SSSR count). The first-order valence-electron chi connectivity index (χ1n) is 7.58. The predicted molar refractivity (Wildman–Crippen MR) is 77.6 cm³/mol. The number of nitrogens with two attached hydrogens (primary N) is 1. The first-order valence-corrected chi connectivity index (χ1v) is 7.58. The smallest absolute Gasteiger partial charge is 0.0337 e. The lowest BCUT2D eigenvalue weighted by Gasteiger charge is -2.48. The molecule has 3 heteroatoms. The number of likely N-dealkylation sites (N-methyl/N-ethyl adjacent to an activating group) is 1. The highest BCUT2D eigenvalue weighted by atomic mass is 15.3. The maximum absolute atomic E-state index is 6.21. The quantitative estimate of drug-likeness (QED) is 0.832.